The van der Waals surface area contributed by atoms with Crippen molar-refractivity contribution in [1.29, 1.82) is 0 Å². The molecular weight excluding hydrogens is 477 g/mol. The molecule has 0 saturated heterocycles. The van der Waals surface area contributed by atoms with Crippen LogP contribution < -0.4 is 5.32 Å². The van der Waals surface area contributed by atoms with E-state index < -0.39 is 0 Å². The number of rotatable bonds is 7. The van der Waals surface area contributed by atoms with Gasteiger partial charge in [0.2, 0.25) is 5.91 Å². The number of amides is 1. The molecule has 0 unspecified atom stereocenters. The van der Waals surface area contributed by atoms with Gasteiger partial charge >= 0.3 is 0 Å². The maximum absolute atomic E-state index is 12.7. The van der Waals surface area contributed by atoms with Gasteiger partial charge in [0.05, 0.1) is 27.2 Å². The van der Waals surface area contributed by atoms with Crippen LogP contribution in [0.25, 0.3) is 17.1 Å². The van der Waals surface area contributed by atoms with Crippen LogP contribution >= 0.6 is 35.0 Å². The lowest BCUT2D eigenvalue weighted by atomic mass is 10.0. The third kappa shape index (κ3) is 5.21. The standard InChI is InChI=1S/C24H21Cl2N5OS/c1-15(2)17-8-3-4-11-20(17)31-23(16-7-6-12-27-13-16)29-30-24(31)33-14-21(32)28-22-18(25)9-5-10-19(22)26/h3-13,15H,14H2,1-2H3,(H,28,32). The summed E-state index contributed by atoms with van der Waals surface area (Å²) in [6.07, 6.45) is 3.46. The average molecular weight is 498 g/mol. The number of carbonyl (C=O) groups excluding carboxylic acids is 1. The lowest BCUT2D eigenvalue weighted by Gasteiger charge is -2.17. The van der Waals surface area contributed by atoms with Gasteiger partial charge in [0, 0.05) is 18.0 Å². The Kier molecular flexibility index (Phi) is 7.33. The maximum Gasteiger partial charge on any atom is 0.234 e. The number of anilines is 1. The topological polar surface area (TPSA) is 72.7 Å². The molecule has 0 aliphatic rings. The molecule has 0 aliphatic carbocycles. The van der Waals surface area contributed by atoms with Gasteiger partial charge in [-0.15, -0.1) is 10.2 Å². The molecule has 0 spiro atoms. The molecule has 0 bridgehead atoms. The number of thioether (sulfide) groups is 1. The molecule has 2 heterocycles. The number of nitrogens with zero attached hydrogens (tertiary/aromatic N) is 4. The van der Waals surface area contributed by atoms with Crippen molar-refractivity contribution >= 4 is 46.6 Å². The van der Waals surface area contributed by atoms with Crippen molar-refractivity contribution in [2.45, 2.75) is 24.9 Å². The smallest absolute Gasteiger partial charge is 0.234 e. The Hall–Kier alpha value is -2.87. The van der Waals surface area contributed by atoms with Gasteiger partial charge < -0.3 is 5.32 Å². The van der Waals surface area contributed by atoms with Gasteiger partial charge in [0.15, 0.2) is 11.0 Å². The first-order valence-electron chi connectivity index (χ1n) is 10.3. The van der Waals surface area contributed by atoms with E-state index in [0.717, 1.165) is 16.8 Å². The van der Waals surface area contributed by atoms with Crippen molar-refractivity contribution in [2.24, 2.45) is 0 Å². The van der Waals surface area contributed by atoms with Crippen LogP contribution in [0.15, 0.2) is 72.1 Å². The van der Waals surface area contributed by atoms with E-state index in [0.29, 0.717) is 26.7 Å². The fraction of sp³-hybridized carbons (Fsp3) is 0.167. The summed E-state index contributed by atoms with van der Waals surface area (Å²) in [4.78, 5) is 16.9. The average Bonchev–Trinajstić information content (AvgIpc) is 3.24. The summed E-state index contributed by atoms with van der Waals surface area (Å²) in [5.74, 6) is 0.808. The van der Waals surface area contributed by atoms with Crippen molar-refractivity contribution in [3.63, 3.8) is 0 Å². The van der Waals surface area contributed by atoms with Gasteiger partial charge in [0.25, 0.3) is 0 Å². The maximum atomic E-state index is 12.7. The lowest BCUT2D eigenvalue weighted by Crippen LogP contribution is -2.15. The number of benzene rings is 2. The second-order valence-corrected chi connectivity index (χ2v) is 9.29. The van der Waals surface area contributed by atoms with Crippen LogP contribution in [0.3, 0.4) is 0 Å². The molecule has 4 aromatic rings. The first-order valence-corrected chi connectivity index (χ1v) is 12.0. The minimum atomic E-state index is -0.246. The van der Waals surface area contributed by atoms with E-state index in [1.165, 1.54) is 11.8 Å². The number of para-hydroxylation sites is 2. The van der Waals surface area contributed by atoms with E-state index in [1.807, 2.05) is 34.9 Å². The Morgan fingerprint density at radius 3 is 2.48 bits per heavy atom. The minimum Gasteiger partial charge on any atom is -0.323 e. The van der Waals surface area contributed by atoms with Crippen molar-refractivity contribution in [3.8, 4) is 17.1 Å². The largest absolute Gasteiger partial charge is 0.323 e. The SMILES string of the molecule is CC(C)c1ccccc1-n1c(SCC(=O)Nc2c(Cl)cccc2Cl)nnc1-c1cccnc1. The summed E-state index contributed by atoms with van der Waals surface area (Å²) >= 11 is 13.6. The summed E-state index contributed by atoms with van der Waals surface area (Å²) in [5, 5.41) is 13.0. The van der Waals surface area contributed by atoms with E-state index in [2.05, 4.69) is 40.4 Å². The lowest BCUT2D eigenvalue weighted by molar-refractivity contribution is -0.113. The van der Waals surface area contributed by atoms with E-state index in [1.54, 1.807) is 30.6 Å². The monoisotopic (exact) mass is 497 g/mol. The summed E-state index contributed by atoms with van der Waals surface area (Å²) in [5.41, 5.74) is 3.35. The minimum absolute atomic E-state index is 0.108. The number of hydrogen-bond acceptors (Lipinski definition) is 5. The predicted octanol–water partition coefficient (Wildman–Crippen LogP) is 6.49. The number of nitrogens with one attached hydrogen (secondary N) is 1. The van der Waals surface area contributed by atoms with Crippen LogP contribution in [0.2, 0.25) is 10.0 Å². The molecule has 33 heavy (non-hydrogen) atoms. The van der Waals surface area contributed by atoms with Gasteiger partial charge in [-0.05, 0) is 41.8 Å². The van der Waals surface area contributed by atoms with Gasteiger partial charge in [0.1, 0.15) is 0 Å². The molecule has 0 saturated carbocycles. The number of aromatic nitrogens is 4. The Morgan fingerprint density at radius 2 is 1.79 bits per heavy atom. The molecule has 2 aromatic carbocycles. The fourth-order valence-electron chi connectivity index (χ4n) is 3.36. The van der Waals surface area contributed by atoms with Gasteiger partial charge in [-0.2, -0.15) is 0 Å². The molecule has 0 radical (unpaired) electrons. The zero-order chi connectivity index (χ0) is 23.4. The van der Waals surface area contributed by atoms with Crippen LogP contribution in [0, 0.1) is 0 Å². The highest BCUT2D eigenvalue weighted by Gasteiger charge is 2.20. The van der Waals surface area contributed by atoms with Gasteiger partial charge in [-0.25, -0.2) is 0 Å². The molecule has 168 valence electrons. The quantitative estimate of drug-likeness (QED) is 0.295. The third-order valence-corrected chi connectivity index (χ3v) is 6.47. The Balaban J connectivity index is 1.67. The molecule has 1 N–H and O–H groups in total. The zero-order valence-electron chi connectivity index (χ0n) is 18.0. The number of hydrogen-bond donors (Lipinski definition) is 1. The number of carbonyl (C=O) groups is 1. The van der Waals surface area contributed by atoms with Crippen molar-refractivity contribution in [2.75, 3.05) is 11.1 Å². The van der Waals surface area contributed by atoms with Crippen LogP contribution in [-0.4, -0.2) is 31.4 Å². The normalized spacial score (nSPS) is 11.1. The highest BCUT2D eigenvalue weighted by molar-refractivity contribution is 7.99. The van der Waals surface area contributed by atoms with Crippen LogP contribution in [0.4, 0.5) is 5.69 Å². The van der Waals surface area contributed by atoms with E-state index >= 15 is 0 Å². The summed E-state index contributed by atoms with van der Waals surface area (Å²) in [6, 6.07) is 17.0. The van der Waals surface area contributed by atoms with Gasteiger partial charge in [-0.1, -0.05) is 73.1 Å². The molecule has 0 atom stereocenters. The Morgan fingerprint density at radius 1 is 1.03 bits per heavy atom. The van der Waals surface area contributed by atoms with Gasteiger partial charge in [-0.3, -0.25) is 14.3 Å². The summed E-state index contributed by atoms with van der Waals surface area (Å²) in [7, 11) is 0. The molecule has 4 rings (SSSR count). The van der Waals surface area contributed by atoms with E-state index in [-0.39, 0.29) is 17.6 Å². The van der Waals surface area contributed by atoms with Crippen LogP contribution in [-0.2, 0) is 4.79 Å². The van der Waals surface area contributed by atoms with E-state index in [4.69, 9.17) is 23.2 Å². The fourth-order valence-corrected chi connectivity index (χ4v) is 4.60. The molecular formula is C24H21Cl2N5OS. The molecule has 0 aliphatic heterocycles. The molecule has 0 fully saturated rings. The van der Waals surface area contributed by atoms with E-state index in [9.17, 15) is 4.79 Å². The first kappa shape index (κ1) is 23.3. The number of pyridine rings is 1. The molecule has 9 heteroatoms. The highest BCUT2D eigenvalue weighted by atomic mass is 35.5. The Labute approximate surface area is 206 Å². The Bertz CT molecular complexity index is 1260. The second kappa shape index (κ2) is 10.4. The second-order valence-electron chi connectivity index (χ2n) is 7.53. The third-order valence-electron chi connectivity index (χ3n) is 4.91. The zero-order valence-corrected chi connectivity index (χ0v) is 20.3. The van der Waals surface area contributed by atoms with Crippen LogP contribution in [0.5, 0.6) is 0 Å². The van der Waals surface area contributed by atoms with Crippen molar-refractivity contribution < 1.29 is 4.79 Å². The molecule has 1 amide bonds. The predicted molar refractivity (Wildman–Crippen MR) is 134 cm³/mol. The molecule has 6 nitrogen and oxygen atoms in total. The number of halogens is 2. The highest BCUT2D eigenvalue weighted by Crippen LogP contribution is 2.33. The van der Waals surface area contributed by atoms with Crippen molar-refractivity contribution in [1.82, 2.24) is 19.7 Å². The van der Waals surface area contributed by atoms with Crippen LogP contribution in [0.1, 0.15) is 25.3 Å². The molecule has 2 aromatic heterocycles. The summed E-state index contributed by atoms with van der Waals surface area (Å²) < 4.78 is 1.98. The van der Waals surface area contributed by atoms with Crippen molar-refractivity contribution in [3.05, 3.63) is 82.6 Å². The summed E-state index contributed by atoms with van der Waals surface area (Å²) in [6.45, 7) is 4.28. The first-order chi connectivity index (χ1) is 16.0.